The van der Waals surface area contributed by atoms with Gasteiger partial charge in [-0.15, -0.1) is 0 Å². The van der Waals surface area contributed by atoms with Gasteiger partial charge < -0.3 is 28.6 Å². The van der Waals surface area contributed by atoms with E-state index in [4.69, 9.17) is 23.7 Å². The van der Waals surface area contributed by atoms with E-state index in [9.17, 15) is 0 Å². The summed E-state index contributed by atoms with van der Waals surface area (Å²) in [5.41, 5.74) is 3.12. The molecule has 174 valence electrons. The zero-order valence-corrected chi connectivity index (χ0v) is 19.3. The lowest BCUT2D eigenvalue weighted by molar-refractivity contribution is -0.300. The van der Waals surface area contributed by atoms with Gasteiger partial charge in [0.2, 0.25) is 5.79 Å². The van der Waals surface area contributed by atoms with E-state index >= 15 is 0 Å². The highest BCUT2D eigenvalue weighted by atomic mass is 16.8. The van der Waals surface area contributed by atoms with Crippen molar-refractivity contribution in [3.05, 3.63) is 59.2 Å². The monoisotopic (exact) mass is 449 g/mol. The molecular weight excluding hydrogens is 418 g/mol. The highest BCUT2D eigenvalue weighted by Crippen LogP contribution is 2.68. The topological polar surface area (TPSA) is 49.4 Å². The van der Waals surface area contributed by atoms with Gasteiger partial charge in [0.25, 0.3) is 0 Å². The van der Waals surface area contributed by atoms with Crippen LogP contribution in [0.15, 0.2) is 42.5 Å². The van der Waals surface area contributed by atoms with Crippen LogP contribution in [0.5, 0.6) is 11.5 Å². The van der Waals surface area contributed by atoms with E-state index in [0.717, 1.165) is 49.3 Å². The SMILES string of the molecule is COC12CCC3(OCCO3)C3Oc4c(OCc5ccccc5)ccc5c4C31CCN(C)C2C5. The summed E-state index contributed by atoms with van der Waals surface area (Å²) >= 11 is 0. The second-order valence-electron chi connectivity index (χ2n) is 10.2. The standard InChI is InChI=1S/C27H31NO5/c1-28-13-12-25-22-19-8-9-20(30-17-18-6-4-3-5-7-18)23(22)33-24(25)27(31-14-15-32-27)11-10-26(25,29-2)21(28)16-19/h3-9,21,24H,10-17H2,1-2H3. The molecule has 7 rings (SSSR count). The van der Waals surface area contributed by atoms with Crippen molar-refractivity contribution < 1.29 is 23.7 Å². The molecule has 3 aliphatic heterocycles. The van der Waals surface area contributed by atoms with Crippen LogP contribution in [-0.4, -0.2) is 62.3 Å². The van der Waals surface area contributed by atoms with E-state index in [-0.39, 0.29) is 17.1 Å². The Hall–Kier alpha value is -2.12. The summed E-state index contributed by atoms with van der Waals surface area (Å²) in [6, 6.07) is 14.9. The Bertz CT molecular complexity index is 1080. The van der Waals surface area contributed by atoms with Crippen LogP contribution >= 0.6 is 0 Å². The summed E-state index contributed by atoms with van der Waals surface area (Å²) < 4.78 is 32.6. The van der Waals surface area contributed by atoms with Gasteiger partial charge in [-0.05, 0) is 50.0 Å². The van der Waals surface area contributed by atoms with E-state index in [2.05, 4.69) is 36.2 Å². The van der Waals surface area contributed by atoms with E-state index in [0.29, 0.717) is 25.9 Å². The fourth-order valence-electron chi connectivity index (χ4n) is 7.70. The molecule has 0 N–H and O–H groups in total. The van der Waals surface area contributed by atoms with Crippen LogP contribution in [0.3, 0.4) is 0 Å². The largest absolute Gasteiger partial charge is 0.485 e. The predicted molar refractivity (Wildman–Crippen MR) is 122 cm³/mol. The number of hydrogen-bond acceptors (Lipinski definition) is 6. The maximum absolute atomic E-state index is 6.92. The number of nitrogens with zero attached hydrogens (tertiary/aromatic N) is 1. The Morgan fingerprint density at radius 3 is 2.64 bits per heavy atom. The number of piperidine rings is 1. The Balaban J connectivity index is 1.39. The molecule has 33 heavy (non-hydrogen) atoms. The van der Waals surface area contributed by atoms with Gasteiger partial charge in [-0.1, -0.05) is 36.4 Å². The van der Waals surface area contributed by atoms with Crippen LogP contribution in [0.25, 0.3) is 0 Å². The number of likely N-dealkylation sites (tertiary alicyclic amines) is 1. The molecule has 5 aliphatic rings. The maximum Gasteiger partial charge on any atom is 0.207 e. The molecular formula is C27H31NO5. The molecule has 4 atom stereocenters. The average molecular weight is 450 g/mol. The minimum absolute atomic E-state index is 0.243. The zero-order chi connectivity index (χ0) is 22.3. The molecule has 2 spiro atoms. The Kier molecular flexibility index (Phi) is 4.27. The molecule has 3 heterocycles. The third-order valence-corrected chi connectivity index (χ3v) is 9.06. The Labute approximate surface area is 194 Å². The minimum Gasteiger partial charge on any atom is -0.485 e. The molecule has 6 nitrogen and oxygen atoms in total. The van der Waals surface area contributed by atoms with Crippen molar-refractivity contribution >= 4 is 0 Å². The van der Waals surface area contributed by atoms with Gasteiger partial charge >= 0.3 is 0 Å². The highest BCUT2D eigenvalue weighted by Gasteiger charge is 2.77. The summed E-state index contributed by atoms with van der Waals surface area (Å²) in [5, 5.41) is 0. The normalized spacial score (nSPS) is 35.3. The van der Waals surface area contributed by atoms with E-state index in [1.165, 1.54) is 11.1 Å². The van der Waals surface area contributed by atoms with Crippen LogP contribution in [0.1, 0.15) is 36.0 Å². The van der Waals surface area contributed by atoms with Crippen LogP contribution in [-0.2, 0) is 32.7 Å². The van der Waals surface area contributed by atoms with Crippen molar-refractivity contribution in [2.24, 2.45) is 0 Å². The molecule has 2 aromatic rings. The van der Waals surface area contributed by atoms with E-state index in [1.807, 2.05) is 25.3 Å². The molecule has 4 unspecified atom stereocenters. The van der Waals surface area contributed by atoms with Crippen LogP contribution in [0.4, 0.5) is 0 Å². The zero-order valence-electron chi connectivity index (χ0n) is 19.3. The first-order chi connectivity index (χ1) is 16.1. The van der Waals surface area contributed by atoms with Crippen molar-refractivity contribution in [2.45, 2.75) is 61.2 Å². The van der Waals surface area contributed by atoms with E-state index in [1.54, 1.807) is 0 Å². The van der Waals surface area contributed by atoms with Crippen LogP contribution in [0.2, 0.25) is 0 Å². The highest BCUT2D eigenvalue weighted by molar-refractivity contribution is 5.63. The van der Waals surface area contributed by atoms with Crippen molar-refractivity contribution in [1.29, 1.82) is 0 Å². The average Bonchev–Trinajstić information content (AvgIpc) is 3.46. The van der Waals surface area contributed by atoms with Crippen molar-refractivity contribution in [3.8, 4) is 11.5 Å². The first-order valence-electron chi connectivity index (χ1n) is 12.2. The van der Waals surface area contributed by atoms with Gasteiger partial charge in [-0.2, -0.15) is 0 Å². The summed E-state index contributed by atoms with van der Waals surface area (Å²) in [4.78, 5) is 2.49. The predicted octanol–water partition coefficient (Wildman–Crippen LogP) is 3.45. The molecule has 0 amide bonds. The minimum atomic E-state index is -0.715. The fourth-order valence-corrected chi connectivity index (χ4v) is 7.70. The Morgan fingerprint density at radius 2 is 1.85 bits per heavy atom. The number of benzene rings is 2. The molecule has 6 heteroatoms. The second kappa shape index (κ2) is 6.95. The van der Waals surface area contributed by atoms with Gasteiger partial charge in [-0.3, -0.25) is 0 Å². The maximum atomic E-state index is 6.92. The van der Waals surface area contributed by atoms with Gasteiger partial charge in [0.1, 0.15) is 6.61 Å². The lowest BCUT2D eigenvalue weighted by atomic mass is 9.48. The second-order valence-corrected chi connectivity index (χ2v) is 10.2. The molecule has 0 aromatic heterocycles. The van der Waals surface area contributed by atoms with E-state index < -0.39 is 5.79 Å². The molecule has 3 fully saturated rings. The smallest absolute Gasteiger partial charge is 0.207 e. The molecule has 0 radical (unpaired) electrons. The summed E-state index contributed by atoms with van der Waals surface area (Å²) in [5.74, 6) is 0.961. The van der Waals surface area contributed by atoms with Crippen molar-refractivity contribution in [3.63, 3.8) is 0 Å². The molecule has 2 aliphatic carbocycles. The number of rotatable bonds is 4. The molecule has 2 saturated heterocycles. The van der Waals surface area contributed by atoms with Crippen LogP contribution in [0, 0.1) is 0 Å². The summed E-state index contributed by atoms with van der Waals surface area (Å²) in [6.45, 7) is 2.73. The third kappa shape index (κ3) is 2.42. The van der Waals surface area contributed by atoms with Crippen LogP contribution < -0.4 is 9.47 Å². The van der Waals surface area contributed by atoms with Crippen molar-refractivity contribution in [1.82, 2.24) is 4.90 Å². The number of methoxy groups -OCH3 is 1. The first kappa shape index (κ1) is 20.3. The quantitative estimate of drug-likeness (QED) is 0.713. The van der Waals surface area contributed by atoms with Gasteiger partial charge in [0.15, 0.2) is 17.6 Å². The summed E-state index contributed by atoms with van der Waals surface area (Å²) in [6.07, 6.45) is 3.34. The number of hydrogen-bond donors (Lipinski definition) is 0. The van der Waals surface area contributed by atoms with Gasteiger partial charge in [0, 0.05) is 25.1 Å². The van der Waals surface area contributed by atoms with Crippen molar-refractivity contribution in [2.75, 3.05) is 33.9 Å². The number of ether oxygens (including phenoxy) is 5. The number of fused-ring (bicyclic) bond motifs is 1. The van der Waals surface area contributed by atoms with Gasteiger partial charge in [-0.25, -0.2) is 0 Å². The van der Waals surface area contributed by atoms with Gasteiger partial charge in [0.05, 0.1) is 24.2 Å². The number of likely N-dealkylation sites (N-methyl/N-ethyl adjacent to an activating group) is 1. The lowest BCUT2D eigenvalue weighted by Crippen LogP contribution is -2.79. The first-order valence-corrected chi connectivity index (χ1v) is 12.2. The molecule has 1 saturated carbocycles. The summed E-state index contributed by atoms with van der Waals surface area (Å²) in [7, 11) is 4.12. The Morgan fingerprint density at radius 1 is 1.03 bits per heavy atom. The molecule has 2 aromatic carbocycles. The lowest BCUT2D eigenvalue weighted by Gasteiger charge is -2.66. The molecule has 2 bridgehead atoms. The fraction of sp³-hybridized carbons (Fsp3) is 0.556. The third-order valence-electron chi connectivity index (χ3n) is 9.06.